The molecular formula is C29H28N2O4S. The van der Waals surface area contributed by atoms with Crippen LogP contribution in [0.4, 0.5) is 5.69 Å². The summed E-state index contributed by atoms with van der Waals surface area (Å²) in [5.74, 6) is -0.414. The number of rotatable bonds is 6. The van der Waals surface area contributed by atoms with Gasteiger partial charge in [0.1, 0.15) is 11.1 Å². The lowest BCUT2D eigenvalue weighted by Crippen LogP contribution is -2.57. The van der Waals surface area contributed by atoms with Crippen LogP contribution in [0.1, 0.15) is 42.7 Å². The topological polar surface area (TPSA) is 88.4 Å². The Morgan fingerprint density at radius 1 is 0.889 bits per heavy atom. The van der Waals surface area contributed by atoms with Gasteiger partial charge < -0.3 is 15.1 Å². The van der Waals surface area contributed by atoms with Gasteiger partial charge in [0, 0.05) is 22.2 Å². The normalized spacial score (nSPS) is 15.8. The molecule has 0 aliphatic heterocycles. The van der Waals surface area contributed by atoms with E-state index < -0.39 is 16.3 Å². The molecule has 7 heteroatoms. The van der Waals surface area contributed by atoms with Crippen LogP contribution >= 0.6 is 0 Å². The molecule has 1 unspecified atom stereocenters. The lowest BCUT2D eigenvalue weighted by atomic mass is 9.80. The average molecular weight is 501 g/mol. The van der Waals surface area contributed by atoms with Crippen molar-refractivity contribution in [1.29, 1.82) is 0 Å². The third-order valence-electron chi connectivity index (χ3n) is 6.79. The van der Waals surface area contributed by atoms with E-state index >= 15 is 0 Å². The highest BCUT2D eigenvalue weighted by atomic mass is 32.2. The number of amides is 2. The number of para-hydroxylation sites is 1. The van der Waals surface area contributed by atoms with Crippen LogP contribution in [0.15, 0.2) is 88.2 Å². The predicted octanol–water partition coefficient (Wildman–Crippen LogP) is 5.91. The second-order valence-electron chi connectivity index (χ2n) is 9.23. The Kier molecular flexibility index (Phi) is 6.74. The van der Waals surface area contributed by atoms with Gasteiger partial charge in [-0.1, -0.05) is 67.8 Å². The van der Waals surface area contributed by atoms with Gasteiger partial charge in [0.15, 0.2) is 5.76 Å². The number of carbonyl (C=O) groups excluding carboxylic acids is 2. The molecule has 2 amide bonds. The zero-order valence-corrected chi connectivity index (χ0v) is 20.9. The Hall–Kier alpha value is -3.71. The second-order valence-corrected chi connectivity index (χ2v) is 10.6. The summed E-state index contributed by atoms with van der Waals surface area (Å²) in [4.78, 5) is 27.4. The molecule has 4 aromatic rings. The van der Waals surface area contributed by atoms with Gasteiger partial charge in [-0.05, 0) is 54.3 Å². The van der Waals surface area contributed by atoms with E-state index in [1.165, 1.54) is 0 Å². The second kappa shape index (κ2) is 10.1. The van der Waals surface area contributed by atoms with Gasteiger partial charge in [-0.25, -0.2) is 0 Å². The molecule has 1 aliphatic rings. The van der Waals surface area contributed by atoms with Crippen molar-refractivity contribution in [3.63, 3.8) is 0 Å². The minimum Gasteiger partial charge on any atom is -0.451 e. The maximum absolute atomic E-state index is 13.5. The Morgan fingerprint density at radius 3 is 2.31 bits per heavy atom. The first-order chi connectivity index (χ1) is 17.4. The molecule has 2 N–H and O–H groups in total. The Balaban J connectivity index is 1.35. The SMILES string of the molecule is CS(=O)c1ccccc1-c1ccc(NC(=O)C2(NC(=O)c3cc4ccccc4o3)CCCCC2)cc1. The van der Waals surface area contributed by atoms with E-state index in [-0.39, 0.29) is 17.6 Å². The molecule has 1 saturated carbocycles. The average Bonchev–Trinajstić information content (AvgIpc) is 3.34. The van der Waals surface area contributed by atoms with Crippen LogP contribution < -0.4 is 10.6 Å². The number of benzene rings is 3. The molecular weight excluding hydrogens is 472 g/mol. The zero-order valence-electron chi connectivity index (χ0n) is 20.1. The minimum atomic E-state index is -1.11. The first-order valence-corrected chi connectivity index (χ1v) is 13.7. The number of nitrogens with one attached hydrogen (secondary N) is 2. The largest absolute Gasteiger partial charge is 0.451 e. The molecule has 0 radical (unpaired) electrons. The fourth-order valence-corrected chi connectivity index (χ4v) is 5.64. The van der Waals surface area contributed by atoms with Crippen LogP contribution in [0.25, 0.3) is 22.1 Å². The van der Waals surface area contributed by atoms with Gasteiger partial charge in [-0.15, -0.1) is 0 Å². The molecule has 0 bridgehead atoms. The van der Waals surface area contributed by atoms with Crippen molar-refractivity contribution in [2.75, 3.05) is 11.6 Å². The quantitative estimate of drug-likeness (QED) is 0.345. The van der Waals surface area contributed by atoms with Crippen molar-refractivity contribution in [2.24, 2.45) is 0 Å². The molecule has 1 heterocycles. The number of fused-ring (bicyclic) bond motifs is 1. The first-order valence-electron chi connectivity index (χ1n) is 12.1. The molecule has 0 saturated heterocycles. The predicted molar refractivity (Wildman–Crippen MR) is 142 cm³/mol. The maximum Gasteiger partial charge on any atom is 0.287 e. The third-order valence-corrected chi connectivity index (χ3v) is 7.77. The number of furan rings is 1. The Morgan fingerprint density at radius 2 is 1.58 bits per heavy atom. The molecule has 1 atom stereocenters. The van der Waals surface area contributed by atoms with Crippen molar-refractivity contribution in [3.8, 4) is 11.1 Å². The zero-order chi connectivity index (χ0) is 25.1. The first kappa shape index (κ1) is 24.0. The smallest absolute Gasteiger partial charge is 0.287 e. The molecule has 184 valence electrons. The van der Waals surface area contributed by atoms with Crippen molar-refractivity contribution >= 4 is 39.3 Å². The molecule has 1 fully saturated rings. The molecule has 1 aliphatic carbocycles. The van der Waals surface area contributed by atoms with E-state index in [4.69, 9.17) is 4.42 Å². The number of hydrogen-bond donors (Lipinski definition) is 2. The fourth-order valence-electron chi connectivity index (χ4n) is 4.88. The summed E-state index contributed by atoms with van der Waals surface area (Å²) in [6, 6.07) is 24.2. The molecule has 0 spiro atoms. The number of anilines is 1. The fraction of sp³-hybridized carbons (Fsp3) is 0.241. The van der Waals surface area contributed by atoms with Crippen molar-refractivity contribution in [2.45, 2.75) is 42.5 Å². The van der Waals surface area contributed by atoms with E-state index in [2.05, 4.69) is 10.6 Å². The van der Waals surface area contributed by atoms with E-state index in [0.717, 1.165) is 40.7 Å². The monoisotopic (exact) mass is 500 g/mol. The van der Waals surface area contributed by atoms with Gasteiger partial charge in [0.2, 0.25) is 5.91 Å². The lowest BCUT2D eigenvalue weighted by molar-refractivity contribution is -0.123. The molecule has 5 rings (SSSR count). The van der Waals surface area contributed by atoms with Crippen LogP contribution in [-0.4, -0.2) is 27.8 Å². The van der Waals surface area contributed by atoms with E-state index in [1.807, 2.05) is 72.8 Å². The van der Waals surface area contributed by atoms with Crippen molar-refractivity contribution in [1.82, 2.24) is 5.32 Å². The van der Waals surface area contributed by atoms with Crippen molar-refractivity contribution < 1.29 is 18.2 Å². The van der Waals surface area contributed by atoms with Gasteiger partial charge in [-0.3, -0.25) is 13.8 Å². The van der Waals surface area contributed by atoms with Gasteiger partial charge >= 0.3 is 0 Å². The number of carbonyl (C=O) groups is 2. The minimum absolute atomic E-state index is 0.199. The highest BCUT2D eigenvalue weighted by Gasteiger charge is 2.41. The summed E-state index contributed by atoms with van der Waals surface area (Å²) < 4.78 is 17.8. The third kappa shape index (κ3) is 4.84. The number of hydrogen-bond acceptors (Lipinski definition) is 4. The van der Waals surface area contributed by atoms with Crippen LogP contribution in [0.5, 0.6) is 0 Å². The highest BCUT2D eigenvalue weighted by molar-refractivity contribution is 7.84. The van der Waals surface area contributed by atoms with Crippen LogP contribution in [0.3, 0.4) is 0 Å². The van der Waals surface area contributed by atoms with E-state index in [9.17, 15) is 13.8 Å². The van der Waals surface area contributed by atoms with Gasteiger partial charge in [0.25, 0.3) is 5.91 Å². The molecule has 3 aromatic carbocycles. The van der Waals surface area contributed by atoms with E-state index in [0.29, 0.717) is 24.1 Å². The van der Waals surface area contributed by atoms with Gasteiger partial charge in [-0.2, -0.15) is 0 Å². The lowest BCUT2D eigenvalue weighted by Gasteiger charge is -2.36. The summed E-state index contributed by atoms with van der Waals surface area (Å²) in [6.45, 7) is 0. The molecule has 6 nitrogen and oxygen atoms in total. The molecule has 1 aromatic heterocycles. The Labute approximate surface area is 212 Å². The van der Waals surface area contributed by atoms with Crippen LogP contribution in [0.2, 0.25) is 0 Å². The summed E-state index contributed by atoms with van der Waals surface area (Å²) in [6.07, 6.45) is 5.55. The summed E-state index contributed by atoms with van der Waals surface area (Å²) in [5.41, 5.74) is 2.10. The van der Waals surface area contributed by atoms with Crippen LogP contribution in [-0.2, 0) is 15.6 Å². The molecule has 36 heavy (non-hydrogen) atoms. The van der Waals surface area contributed by atoms with Crippen molar-refractivity contribution in [3.05, 3.63) is 84.6 Å². The Bertz CT molecular complexity index is 1400. The van der Waals surface area contributed by atoms with Gasteiger partial charge in [0.05, 0.1) is 10.8 Å². The van der Waals surface area contributed by atoms with Crippen LogP contribution in [0, 0.1) is 0 Å². The summed E-state index contributed by atoms with van der Waals surface area (Å²) >= 11 is 0. The summed E-state index contributed by atoms with van der Waals surface area (Å²) in [5, 5.41) is 6.86. The maximum atomic E-state index is 13.5. The van der Waals surface area contributed by atoms with E-state index in [1.54, 1.807) is 12.3 Å². The standard InChI is InChI=1S/C29H28N2O4S/c1-36(34)26-12-6-4-10-23(26)20-13-15-22(16-14-20)30-28(33)29(17-7-2-8-18-29)31-27(32)25-19-21-9-3-5-11-24(21)35-25/h3-6,9-16,19H,2,7-8,17-18H2,1H3,(H,30,33)(H,31,32). The summed E-state index contributed by atoms with van der Waals surface area (Å²) in [7, 11) is -1.11. The highest BCUT2D eigenvalue weighted by Crippen LogP contribution is 2.32.